The summed E-state index contributed by atoms with van der Waals surface area (Å²) < 4.78 is 0. The highest BCUT2D eigenvalue weighted by Gasteiger charge is 2.28. The second kappa shape index (κ2) is 48.3. The van der Waals surface area contributed by atoms with Gasteiger partial charge < -0.3 is 66.2 Å². The molecule has 2 rings (SSSR count). The number of nitrogens with zero attached hydrogens (tertiary/aromatic N) is 4. The summed E-state index contributed by atoms with van der Waals surface area (Å²) in [4.78, 5) is 62.0. The molecule has 9 N–H and O–H groups in total. The minimum absolute atomic E-state index is 0.0296. The van der Waals surface area contributed by atoms with Crippen LogP contribution in [0.15, 0.2) is 0 Å². The number of hydrazine groups is 1. The lowest BCUT2D eigenvalue weighted by Crippen LogP contribution is -2.38. The van der Waals surface area contributed by atoms with E-state index in [9.17, 15) is 29.4 Å². The van der Waals surface area contributed by atoms with Crippen molar-refractivity contribution >= 4 is 47.5 Å². The summed E-state index contributed by atoms with van der Waals surface area (Å²) in [6.07, 6.45) is -0.753. The van der Waals surface area contributed by atoms with Crippen LogP contribution in [0.4, 0.5) is 17.1 Å². The van der Waals surface area contributed by atoms with Crippen molar-refractivity contribution in [1.29, 1.82) is 0 Å². The number of hydrogen-bond acceptors (Lipinski definition) is 14. The van der Waals surface area contributed by atoms with Gasteiger partial charge in [0.05, 0.1) is 37.7 Å². The molecule has 69 heavy (non-hydrogen) atoms. The summed E-state index contributed by atoms with van der Waals surface area (Å²) in [5, 5.41) is 61.2. The normalized spacial score (nSPS) is 10.1. The van der Waals surface area contributed by atoms with E-state index in [1.165, 1.54) is 14.7 Å². The molecule has 0 saturated carbocycles. The monoisotopic (exact) mass is 988 g/mol. The van der Waals surface area contributed by atoms with Gasteiger partial charge in [-0.05, 0) is 87.4 Å². The zero-order chi connectivity index (χ0) is 56.3. The topological polar surface area (TPSA) is 256 Å². The first kappa shape index (κ1) is 78.5. The summed E-state index contributed by atoms with van der Waals surface area (Å²) in [7, 11) is 8.33. The molecule has 0 aliphatic heterocycles. The smallest absolute Gasteiger partial charge is 0.254 e. The predicted octanol–water partition coefficient (Wildman–Crippen LogP) is 6.04. The van der Waals surface area contributed by atoms with Crippen LogP contribution in [0, 0.1) is 48.5 Å². The molecule has 2 aromatic rings. The SMILES string of the molecule is CC.CC.CC.CC.CC.CC.CNc1c(C)c(C(=O)N(C)CCN(C)C=O)c(C)c(C(=O)N(C)CC(O)CO)c1C.Cc1c(C)c(NC(=O)CO)c(C)c(NN(C)CC(O)CO)c1C.O=CCO. The van der Waals surface area contributed by atoms with Crippen molar-refractivity contribution < 1.29 is 54.6 Å². The number of amides is 4. The van der Waals surface area contributed by atoms with Crippen LogP contribution in [0.2, 0.25) is 0 Å². The second-order valence-electron chi connectivity index (χ2n) is 13.7. The van der Waals surface area contributed by atoms with Crippen molar-refractivity contribution in [3.8, 4) is 0 Å². The molecular formula is C51H101N7O11. The Balaban J connectivity index is -0.000000174. The number of nitrogens with one attached hydrogen (secondary N) is 3. The number of likely N-dealkylation sites (N-methyl/N-ethyl adjacent to an activating group) is 4. The summed E-state index contributed by atoms with van der Waals surface area (Å²) in [6, 6.07) is 0. The molecule has 0 aliphatic rings. The average molecular weight is 988 g/mol. The van der Waals surface area contributed by atoms with Gasteiger partial charge in [-0.15, -0.1) is 0 Å². The van der Waals surface area contributed by atoms with Crippen molar-refractivity contribution in [3.05, 3.63) is 50.1 Å². The first-order chi connectivity index (χ1) is 32.6. The maximum absolute atomic E-state index is 13.2. The molecule has 0 heterocycles. The van der Waals surface area contributed by atoms with E-state index in [1.54, 1.807) is 47.2 Å². The van der Waals surface area contributed by atoms with Crippen molar-refractivity contribution in [2.75, 3.05) is 104 Å². The molecule has 0 bridgehead atoms. The van der Waals surface area contributed by atoms with E-state index in [4.69, 9.17) is 25.2 Å². The van der Waals surface area contributed by atoms with Crippen LogP contribution >= 0.6 is 0 Å². The average Bonchev–Trinajstić information content (AvgIpc) is 3.38. The van der Waals surface area contributed by atoms with Crippen molar-refractivity contribution in [3.63, 3.8) is 0 Å². The number of hydrogen-bond donors (Lipinski definition) is 9. The number of rotatable bonds is 18. The van der Waals surface area contributed by atoms with Gasteiger partial charge in [0.25, 0.3) is 11.8 Å². The standard InChI is InChI=1S/C21H34N4O5.C16H27N3O4.C2H4O2.6C2H6/c1-13-17(20(29)24(6)9-8-23(5)12-27)14(2)19(22-4)15(3)18(13)21(30)25(7)10-16(28)11-26;1-9-10(2)15(17-14(23)8-21)12(4)16(11(9)3)18-19(5)6-13(22)7-20;3-1-2-4;6*1-2/h12,16,22,26,28H,8-11H2,1-7H3;13,18,20-22H,6-8H2,1-5H3,(H,17,23);1,4H,2H2;6*1-2H3. The zero-order valence-electron chi connectivity index (χ0n) is 47.5. The Kier molecular flexibility index (Phi) is 55.0. The minimum atomic E-state index is -1.05. The van der Waals surface area contributed by atoms with Crippen LogP contribution in [-0.2, 0) is 14.4 Å². The van der Waals surface area contributed by atoms with Crippen molar-refractivity contribution in [1.82, 2.24) is 19.7 Å². The molecule has 406 valence electrons. The maximum Gasteiger partial charge on any atom is 0.254 e. The van der Waals surface area contributed by atoms with Gasteiger partial charge in [-0.3, -0.25) is 19.2 Å². The van der Waals surface area contributed by atoms with Crippen LogP contribution < -0.4 is 16.1 Å². The molecule has 0 saturated heterocycles. The Hall–Kier alpha value is -4.69. The molecule has 0 radical (unpaired) electrons. The summed E-state index contributed by atoms with van der Waals surface area (Å²) in [5.74, 6) is -1.05. The Morgan fingerprint density at radius 1 is 0.536 bits per heavy atom. The minimum Gasteiger partial charge on any atom is -0.394 e. The van der Waals surface area contributed by atoms with E-state index in [1.807, 2.05) is 125 Å². The van der Waals surface area contributed by atoms with Gasteiger partial charge in [-0.1, -0.05) is 83.1 Å². The lowest BCUT2D eigenvalue weighted by molar-refractivity contribution is -0.119. The van der Waals surface area contributed by atoms with E-state index in [0.717, 1.165) is 33.5 Å². The van der Waals surface area contributed by atoms with E-state index in [-0.39, 0.29) is 38.1 Å². The first-order valence-corrected chi connectivity index (χ1v) is 24.2. The van der Waals surface area contributed by atoms with Gasteiger partial charge >= 0.3 is 0 Å². The summed E-state index contributed by atoms with van der Waals surface area (Å²) in [6.45, 7) is 36.4. The van der Waals surface area contributed by atoms with Crippen LogP contribution in [0.5, 0.6) is 0 Å². The van der Waals surface area contributed by atoms with Gasteiger partial charge in [0, 0.05) is 83.9 Å². The third kappa shape index (κ3) is 28.5. The van der Waals surface area contributed by atoms with Gasteiger partial charge in [0.1, 0.15) is 12.9 Å². The highest BCUT2D eigenvalue weighted by atomic mass is 16.3. The summed E-state index contributed by atoms with van der Waals surface area (Å²) in [5.41, 5.74) is 12.1. The van der Waals surface area contributed by atoms with Crippen LogP contribution in [0.1, 0.15) is 143 Å². The van der Waals surface area contributed by atoms with Gasteiger partial charge in [0.15, 0.2) is 0 Å². The fraction of sp³-hybridized carbons (Fsp3) is 0.667. The molecule has 4 amide bonds. The van der Waals surface area contributed by atoms with E-state index in [0.29, 0.717) is 59.4 Å². The first-order valence-electron chi connectivity index (χ1n) is 24.2. The molecule has 0 spiro atoms. The molecular weight excluding hydrogens is 887 g/mol. The van der Waals surface area contributed by atoms with Gasteiger partial charge in [0.2, 0.25) is 12.3 Å². The number of anilines is 3. The molecule has 2 atom stereocenters. The molecule has 18 heteroatoms. The number of benzene rings is 2. The van der Waals surface area contributed by atoms with Crippen LogP contribution in [-0.4, -0.2) is 181 Å². The molecule has 2 aromatic carbocycles. The number of carbonyl (C=O) groups excluding carboxylic acids is 5. The number of carbonyl (C=O) groups is 5. The highest BCUT2D eigenvalue weighted by Crippen LogP contribution is 2.35. The Morgan fingerprint density at radius 3 is 1.29 bits per heavy atom. The Bertz CT molecular complexity index is 1680. The zero-order valence-corrected chi connectivity index (χ0v) is 47.5. The predicted molar refractivity (Wildman–Crippen MR) is 288 cm³/mol. The molecule has 0 aliphatic carbocycles. The third-order valence-corrected chi connectivity index (χ3v) is 9.39. The highest BCUT2D eigenvalue weighted by molar-refractivity contribution is 6.06. The summed E-state index contributed by atoms with van der Waals surface area (Å²) >= 11 is 0. The quantitative estimate of drug-likeness (QED) is 0.0611. The fourth-order valence-electron chi connectivity index (χ4n) is 6.02. The Labute approximate surface area is 418 Å². The largest absolute Gasteiger partial charge is 0.394 e. The van der Waals surface area contributed by atoms with E-state index in [2.05, 4.69) is 16.1 Å². The van der Waals surface area contributed by atoms with Crippen molar-refractivity contribution in [2.45, 2.75) is 144 Å². The fourth-order valence-corrected chi connectivity index (χ4v) is 6.02. The maximum atomic E-state index is 13.2. The van der Waals surface area contributed by atoms with E-state index >= 15 is 0 Å². The third-order valence-electron chi connectivity index (χ3n) is 9.39. The van der Waals surface area contributed by atoms with E-state index < -0.39 is 31.3 Å². The second-order valence-corrected chi connectivity index (χ2v) is 13.7. The van der Waals surface area contributed by atoms with Crippen molar-refractivity contribution in [2.24, 2.45) is 0 Å². The van der Waals surface area contributed by atoms with Gasteiger partial charge in [-0.2, -0.15) is 0 Å². The molecule has 0 aromatic heterocycles. The number of aldehydes is 1. The number of aliphatic hydroxyl groups excluding tert-OH is 6. The van der Waals surface area contributed by atoms with Crippen LogP contribution in [0.25, 0.3) is 0 Å². The number of aliphatic hydroxyl groups is 6. The van der Waals surface area contributed by atoms with Gasteiger partial charge in [-0.25, -0.2) is 5.01 Å². The lowest BCUT2D eigenvalue weighted by Gasteiger charge is -2.27. The molecule has 18 nitrogen and oxygen atoms in total. The molecule has 0 fully saturated rings. The Morgan fingerprint density at radius 2 is 0.928 bits per heavy atom. The van der Waals surface area contributed by atoms with Crippen LogP contribution in [0.3, 0.4) is 0 Å². The molecule has 2 unspecified atom stereocenters. The lowest BCUT2D eigenvalue weighted by atomic mass is 9.89.